The zero-order chi connectivity index (χ0) is 19.1. The Hall–Kier alpha value is -2.30. The van der Waals surface area contributed by atoms with E-state index in [2.05, 4.69) is 0 Å². The lowest BCUT2D eigenvalue weighted by atomic mass is 9.84. The molecule has 1 saturated carbocycles. The summed E-state index contributed by atoms with van der Waals surface area (Å²) in [7, 11) is 0. The standard InChI is InChI=1S/C19H17F3O2.C2H6/c20-16-10-15(11-17(21)18(16)22)24-19(23)14-8-6-13(7-9-14)12-4-2-1-3-5-12;1-2/h6-12H,1-5H2;1-2H3. The Kier molecular flexibility index (Phi) is 7.25. The largest absolute Gasteiger partial charge is 0.423 e. The lowest BCUT2D eigenvalue weighted by Crippen LogP contribution is -2.10. The van der Waals surface area contributed by atoms with E-state index in [1.54, 1.807) is 12.1 Å². The smallest absolute Gasteiger partial charge is 0.343 e. The van der Waals surface area contributed by atoms with Crippen molar-refractivity contribution in [3.8, 4) is 5.75 Å². The second kappa shape index (κ2) is 9.41. The molecule has 26 heavy (non-hydrogen) atoms. The minimum Gasteiger partial charge on any atom is -0.423 e. The summed E-state index contributed by atoms with van der Waals surface area (Å²) in [5.74, 6) is -4.98. The van der Waals surface area contributed by atoms with Crippen LogP contribution in [0.5, 0.6) is 5.75 Å². The number of esters is 1. The highest BCUT2D eigenvalue weighted by molar-refractivity contribution is 5.91. The van der Waals surface area contributed by atoms with Gasteiger partial charge in [-0.2, -0.15) is 0 Å². The van der Waals surface area contributed by atoms with Gasteiger partial charge in [-0.1, -0.05) is 45.2 Å². The Balaban J connectivity index is 0.00000117. The van der Waals surface area contributed by atoms with E-state index < -0.39 is 23.4 Å². The van der Waals surface area contributed by atoms with E-state index in [1.165, 1.54) is 24.8 Å². The Morgan fingerprint density at radius 3 is 2.00 bits per heavy atom. The van der Waals surface area contributed by atoms with Crippen molar-refractivity contribution in [2.45, 2.75) is 51.9 Å². The molecule has 0 radical (unpaired) electrons. The van der Waals surface area contributed by atoms with E-state index in [0.717, 1.165) is 12.8 Å². The van der Waals surface area contributed by atoms with Crippen molar-refractivity contribution in [2.75, 3.05) is 0 Å². The van der Waals surface area contributed by atoms with E-state index >= 15 is 0 Å². The van der Waals surface area contributed by atoms with Crippen LogP contribution in [0, 0.1) is 17.5 Å². The van der Waals surface area contributed by atoms with Crippen LogP contribution in [0.2, 0.25) is 0 Å². The molecule has 2 aromatic carbocycles. The van der Waals surface area contributed by atoms with Crippen LogP contribution in [0.3, 0.4) is 0 Å². The Morgan fingerprint density at radius 1 is 0.923 bits per heavy atom. The van der Waals surface area contributed by atoms with Crippen molar-refractivity contribution in [2.24, 2.45) is 0 Å². The summed E-state index contributed by atoms with van der Waals surface area (Å²) in [5.41, 5.74) is 1.46. The number of carbonyl (C=O) groups is 1. The molecule has 2 nitrogen and oxygen atoms in total. The maximum absolute atomic E-state index is 13.1. The predicted molar refractivity (Wildman–Crippen MR) is 94.9 cm³/mol. The molecule has 5 heteroatoms. The van der Waals surface area contributed by atoms with Crippen LogP contribution in [0.25, 0.3) is 0 Å². The van der Waals surface area contributed by atoms with E-state index in [9.17, 15) is 18.0 Å². The third-order valence-electron chi connectivity index (χ3n) is 4.39. The Labute approximate surface area is 152 Å². The predicted octanol–water partition coefficient (Wildman–Crippen LogP) is 6.40. The summed E-state index contributed by atoms with van der Waals surface area (Å²) in [6.45, 7) is 4.00. The monoisotopic (exact) mass is 364 g/mol. The van der Waals surface area contributed by atoms with Gasteiger partial charge in [0, 0.05) is 12.1 Å². The molecule has 0 saturated heterocycles. The molecule has 0 unspecified atom stereocenters. The zero-order valence-corrected chi connectivity index (χ0v) is 15.0. The van der Waals surface area contributed by atoms with Crippen molar-refractivity contribution in [3.63, 3.8) is 0 Å². The molecule has 0 aromatic heterocycles. The number of ether oxygens (including phenoxy) is 1. The number of halogens is 3. The van der Waals surface area contributed by atoms with Gasteiger partial charge in [0.1, 0.15) is 5.75 Å². The summed E-state index contributed by atoms with van der Waals surface area (Å²) in [6.07, 6.45) is 6.01. The quantitative estimate of drug-likeness (QED) is 0.358. The minimum atomic E-state index is -1.59. The molecule has 0 amide bonds. The third kappa shape index (κ3) is 4.87. The van der Waals surface area contributed by atoms with Crippen LogP contribution < -0.4 is 4.74 Å². The van der Waals surface area contributed by atoms with Crippen molar-refractivity contribution in [1.82, 2.24) is 0 Å². The summed E-state index contributed by atoms with van der Waals surface area (Å²) < 4.78 is 44.1. The highest BCUT2D eigenvalue weighted by Gasteiger charge is 2.17. The summed E-state index contributed by atoms with van der Waals surface area (Å²) in [6, 6.07) is 8.35. The summed E-state index contributed by atoms with van der Waals surface area (Å²) >= 11 is 0. The Bertz CT molecular complexity index is 712. The summed E-state index contributed by atoms with van der Waals surface area (Å²) in [4.78, 5) is 12.0. The molecule has 1 fully saturated rings. The van der Waals surface area contributed by atoms with Gasteiger partial charge in [0.2, 0.25) is 0 Å². The third-order valence-corrected chi connectivity index (χ3v) is 4.39. The second-order valence-electron chi connectivity index (χ2n) is 6.05. The maximum atomic E-state index is 13.1. The van der Waals surface area contributed by atoms with Crippen molar-refractivity contribution < 1.29 is 22.7 Å². The molecule has 1 aliphatic rings. The minimum absolute atomic E-state index is 0.278. The number of hydrogen-bond acceptors (Lipinski definition) is 2. The van der Waals surface area contributed by atoms with Crippen molar-refractivity contribution in [1.29, 1.82) is 0 Å². The molecule has 0 bridgehead atoms. The average Bonchev–Trinajstić information content (AvgIpc) is 2.68. The molecule has 0 aliphatic heterocycles. The van der Waals surface area contributed by atoms with E-state index in [0.29, 0.717) is 18.1 Å². The SMILES string of the molecule is CC.O=C(Oc1cc(F)c(F)c(F)c1)c1ccc(C2CCCCC2)cc1. The average molecular weight is 364 g/mol. The van der Waals surface area contributed by atoms with Gasteiger partial charge in [0.25, 0.3) is 0 Å². The van der Waals surface area contributed by atoms with E-state index in [4.69, 9.17) is 4.74 Å². The topological polar surface area (TPSA) is 26.3 Å². The number of rotatable bonds is 3. The molecular weight excluding hydrogens is 341 g/mol. The highest BCUT2D eigenvalue weighted by atomic mass is 19.2. The first-order chi connectivity index (χ1) is 12.5. The van der Waals surface area contributed by atoms with Crippen LogP contribution in [0.4, 0.5) is 13.2 Å². The van der Waals surface area contributed by atoms with Gasteiger partial charge < -0.3 is 4.74 Å². The molecule has 3 rings (SSSR count). The first kappa shape index (κ1) is 20.0. The van der Waals surface area contributed by atoms with Crippen LogP contribution in [-0.2, 0) is 0 Å². The Morgan fingerprint density at radius 2 is 1.46 bits per heavy atom. The second-order valence-corrected chi connectivity index (χ2v) is 6.05. The van der Waals surface area contributed by atoms with E-state index in [1.807, 2.05) is 26.0 Å². The summed E-state index contributed by atoms with van der Waals surface area (Å²) in [5, 5.41) is 0. The van der Waals surface area contributed by atoms with Crippen molar-refractivity contribution in [3.05, 3.63) is 65.0 Å². The fraction of sp³-hybridized carbons (Fsp3) is 0.381. The van der Waals surface area contributed by atoms with Crippen LogP contribution in [0.1, 0.15) is 67.8 Å². The number of carbonyl (C=O) groups excluding carboxylic acids is 1. The van der Waals surface area contributed by atoms with Gasteiger partial charge in [0.05, 0.1) is 5.56 Å². The lowest BCUT2D eigenvalue weighted by Gasteiger charge is -2.21. The molecule has 1 aliphatic carbocycles. The van der Waals surface area contributed by atoms with Gasteiger partial charge in [-0.15, -0.1) is 0 Å². The van der Waals surface area contributed by atoms with Gasteiger partial charge in [-0.3, -0.25) is 0 Å². The normalized spacial score (nSPS) is 14.3. The van der Waals surface area contributed by atoms with Crippen LogP contribution in [-0.4, -0.2) is 5.97 Å². The molecular formula is C21H23F3O2. The number of benzene rings is 2. The maximum Gasteiger partial charge on any atom is 0.343 e. The molecule has 140 valence electrons. The van der Waals surface area contributed by atoms with Crippen molar-refractivity contribution >= 4 is 5.97 Å². The van der Waals surface area contributed by atoms with Crippen LogP contribution in [0.15, 0.2) is 36.4 Å². The lowest BCUT2D eigenvalue weighted by molar-refractivity contribution is 0.0733. The fourth-order valence-electron chi connectivity index (χ4n) is 3.08. The van der Waals surface area contributed by atoms with E-state index in [-0.39, 0.29) is 11.3 Å². The fourth-order valence-corrected chi connectivity index (χ4v) is 3.08. The molecule has 2 aromatic rings. The van der Waals surface area contributed by atoms with Gasteiger partial charge in [-0.05, 0) is 36.5 Å². The van der Waals surface area contributed by atoms with Gasteiger partial charge in [-0.25, -0.2) is 18.0 Å². The van der Waals surface area contributed by atoms with Gasteiger partial charge >= 0.3 is 5.97 Å². The molecule has 0 atom stereocenters. The van der Waals surface area contributed by atoms with Crippen LogP contribution >= 0.6 is 0 Å². The zero-order valence-electron chi connectivity index (χ0n) is 15.0. The highest BCUT2D eigenvalue weighted by Crippen LogP contribution is 2.32. The van der Waals surface area contributed by atoms with Gasteiger partial charge in [0.15, 0.2) is 17.5 Å². The molecule has 0 spiro atoms. The first-order valence-corrected chi connectivity index (χ1v) is 9.01. The molecule has 0 N–H and O–H groups in total. The molecule has 0 heterocycles. The number of hydrogen-bond donors (Lipinski definition) is 0. The first-order valence-electron chi connectivity index (χ1n) is 9.01.